The van der Waals surface area contributed by atoms with E-state index in [1.165, 1.54) is 0 Å². The first-order valence-corrected chi connectivity index (χ1v) is 4.89. The molecule has 1 aromatic carbocycles. The Morgan fingerprint density at radius 2 is 2.19 bits per heavy atom. The van der Waals surface area contributed by atoms with E-state index in [2.05, 4.69) is 11.6 Å². The number of carbonyl (C=O) groups is 1. The van der Waals surface area contributed by atoms with Crippen molar-refractivity contribution in [2.75, 3.05) is 0 Å². The largest absolute Gasteiger partial charge is 0.428 e. The Hall–Kier alpha value is -2.16. The second-order valence-electron chi connectivity index (χ2n) is 3.50. The molecule has 0 spiro atoms. The molecule has 0 saturated heterocycles. The number of benzene rings is 1. The molecule has 2 aromatic rings. The zero-order valence-corrected chi connectivity index (χ0v) is 8.93. The van der Waals surface area contributed by atoms with Crippen molar-refractivity contribution in [1.82, 2.24) is 4.98 Å². The van der Waals surface area contributed by atoms with Crippen LogP contribution >= 0.6 is 0 Å². The molecule has 1 aromatic heterocycles. The maximum atomic E-state index is 11.6. The van der Waals surface area contributed by atoms with Crippen LogP contribution in [-0.2, 0) is 4.74 Å². The molecule has 0 atom stereocenters. The number of allylic oxidation sites excluding steroid dienone is 1. The predicted octanol–water partition coefficient (Wildman–Crippen LogP) is 2.93. The van der Waals surface area contributed by atoms with Gasteiger partial charge in [0.25, 0.3) is 0 Å². The summed E-state index contributed by atoms with van der Waals surface area (Å²) >= 11 is 0. The lowest BCUT2D eigenvalue weighted by atomic mass is 10.1. The Bertz CT molecular complexity index is 561. The summed E-state index contributed by atoms with van der Waals surface area (Å²) < 4.78 is 4.93. The first-order chi connectivity index (χ1) is 7.66. The van der Waals surface area contributed by atoms with Gasteiger partial charge < -0.3 is 4.74 Å². The molecule has 0 N–H and O–H groups in total. The van der Waals surface area contributed by atoms with Crippen LogP contribution < -0.4 is 0 Å². The molecule has 0 amide bonds. The standard InChI is InChI=1S/C13H11NO2/c1-9(2)16-13(15)11-5-6-12-10(8-11)4-3-7-14-12/h3-8H,1H2,2H3. The minimum absolute atomic E-state index is 0.385. The Balaban J connectivity index is 2.39. The summed E-state index contributed by atoms with van der Waals surface area (Å²) in [5, 5.41) is 0.915. The fourth-order valence-corrected chi connectivity index (χ4v) is 1.42. The van der Waals surface area contributed by atoms with Gasteiger partial charge in [-0.2, -0.15) is 0 Å². The SMILES string of the molecule is C=C(C)OC(=O)c1ccc2ncccc2c1. The highest BCUT2D eigenvalue weighted by molar-refractivity contribution is 5.94. The Kier molecular flexibility index (Phi) is 2.68. The number of carbonyl (C=O) groups excluding carboxylic acids is 1. The molecule has 1 heterocycles. The topological polar surface area (TPSA) is 39.2 Å². The summed E-state index contributed by atoms with van der Waals surface area (Å²) in [6, 6.07) is 8.98. The molecular weight excluding hydrogens is 202 g/mol. The van der Waals surface area contributed by atoms with Crippen molar-refractivity contribution in [3.63, 3.8) is 0 Å². The van der Waals surface area contributed by atoms with Crippen LogP contribution in [0.1, 0.15) is 17.3 Å². The molecule has 2 rings (SSSR count). The van der Waals surface area contributed by atoms with Crippen LogP contribution in [0.4, 0.5) is 0 Å². The molecule has 16 heavy (non-hydrogen) atoms. The third-order valence-electron chi connectivity index (χ3n) is 2.11. The van der Waals surface area contributed by atoms with Crippen molar-refractivity contribution < 1.29 is 9.53 Å². The number of hydrogen-bond donors (Lipinski definition) is 0. The van der Waals surface area contributed by atoms with E-state index in [-0.39, 0.29) is 0 Å². The van der Waals surface area contributed by atoms with Crippen LogP contribution in [0.3, 0.4) is 0 Å². The number of esters is 1. The van der Waals surface area contributed by atoms with E-state index in [0.29, 0.717) is 11.3 Å². The fourth-order valence-electron chi connectivity index (χ4n) is 1.42. The summed E-state index contributed by atoms with van der Waals surface area (Å²) in [5.74, 6) is -0.00506. The zero-order chi connectivity index (χ0) is 11.5. The van der Waals surface area contributed by atoms with Gasteiger partial charge in [0, 0.05) is 11.6 Å². The summed E-state index contributed by atoms with van der Waals surface area (Å²) in [6.45, 7) is 5.17. The molecule has 0 unspecified atom stereocenters. The van der Waals surface area contributed by atoms with Crippen LogP contribution in [0, 0.1) is 0 Å². The fraction of sp³-hybridized carbons (Fsp3) is 0.0769. The molecular formula is C13H11NO2. The van der Waals surface area contributed by atoms with E-state index in [4.69, 9.17) is 4.74 Å². The lowest BCUT2D eigenvalue weighted by molar-refractivity contribution is 0.0628. The third kappa shape index (κ3) is 2.08. The molecule has 0 aliphatic carbocycles. The van der Waals surface area contributed by atoms with Gasteiger partial charge in [-0.3, -0.25) is 4.98 Å². The number of pyridine rings is 1. The number of ether oxygens (including phenoxy) is 1. The van der Waals surface area contributed by atoms with Gasteiger partial charge in [0.15, 0.2) is 0 Å². The lowest BCUT2D eigenvalue weighted by Crippen LogP contribution is -2.02. The van der Waals surface area contributed by atoms with E-state index >= 15 is 0 Å². The van der Waals surface area contributed by atoms with Crippen LogP contribution in [0.5, 0.6) is 0 Å². The quantitative estimate of drug-likeness (QED) is 0.568. The molecule has 0 aliphatic rings. The molecule has 0 aliphatic heterocycles. The molecule has 3 nitrogen and oxygen atoms in total. The minimum Gasteiger partial charge on any atom is -0.428 e. The summed E-state index contributed by atoms with van der Waals surface area (Å²) in [7, 11) is 0. The number of rotatable bonds is 2. The monoisotopic (exact) mass is 213 g/mol. The Morgan fingerprint density at radius 1 is 1.38 bits per heavy atom. The van der Waals surface area contributed by atoms with Gasteiger partial charge in [-0.15, -0.1) is 0 Å². The molecule has 80 valence electrons. The van der Waals surface area contributed by atoms with E-state index in [1.54, 1.807) is 31.3 Å². The van der Waals surface area contributed by atoms with Crippen molar-refractivity contribution in [3.05, 3.63) is 54.4 Å². The van der Waals surface area contributed by atoms with Crippen LogP contribution in [0.25, 0.3) is 10.9 Å². The van der Waals surface area contributed by atoms with Crippen LogP contribution in [0.2, 0.25) is 0 Å². The molecule has 3 heteroatoms. The number of aromatic nitrogens is 1. The van der Waals surface area contributed by atoms with Gasteiger partial charge in [-0.05, 0) is 31.2 Å². The first kappa shape index (κ1) is 10.4. The predicted molar refractivity (Wildman–Crippen MR) is 62.0 cm³/mol. The van der Waals surface area contributed by atoms with Crippen molar-refractivity contribution in [2.24, 2.45) is 0 Å². The molecule has 0 radical (unpaired) electrons. The van der Waals surface area contributed by atoms with Gasteiger partial charge in [-0.25, -0.2) is 4.79 Å². The second-order valence-corrected chi connectivity index (χ2v) is 3.50. The van der Waals surface area contributed by atoms with Crippen molar-refractivity contribution in [3.8, 4) is 0 Å². The normalized spacial score (nSPS) is 10.1. The van der Waals surface area contributed by atoms with Crippen molar-refractivity contribution in [2.45, 2.75) is 6.92 Å². The highest BCUT2D eigenvalue weighted by Crippen LogP contribution is 2.14. The van der Waals surface area contributed by atoms with E-state index in [9.17, 15) is 4.79 Å². The number of nitrogens with zero attached hydrogens (tertiary/aromatic N) is 1. The Labute approximate surface area is 93.4 Å². The molecule has 0 fully saturated rings. The van der Waals surface area contributed by atoms with Gasteiger partial charge in [0.2, 0.25) is 0 Å². The average Bonchev–Trinajstić information content (AvgIpc) is 2.27. The van der Waals surface area contributed by atoms with Gasteiger partial charge >= 0.3 is 5.97 Å². The summed E-state index contributed by atoms with van der Waals surface area (Å²) in [5.41, 5.74) is 1.36. The smallest absolute Gasteiger partial charge is 0.343 e. The van der Waals surface area contributed by atoms with E-state index in [1.807, 2.05) is 12.1 Å². The Morgan fingerprint density at radius 3 is 2.94 bits per heavy atom. The summed E-state index contributed by atoms with van der Waals surface area (Å²) in [6.07, 6.45) is 1.72. The molecule has 0 saturated carbocycles. The highest BCUT2D eigenvalue weighted by atomic mass is 16.5. The van der Waals surface area contributed by atoms with Gasteiger partial charge in [0.1, 0.15) is 0 Å². The summed E-state index contributed by atoms with van der Waals surface area (Å²) in [4.78, 5) is 15.8. The highest BCUT2D eigenvalue weighted by Gasteiger charge is 2.08. The zero-order valence-electron chi connectivity index (χ0n) is 8.93. The van der Waals surface area contributed by atoms with Crippen molar-refractivity contribution in [1.29, 1.82) is 0 Å². The maximum absolute atomic E-state index is 11.6. The number of fused-ring (bicyclic) bond motifs is 1. The first-order valence-electron chi connectivity index (χ1n) is 4.89. The average molecular weight is 213 g/mol. The maximum Gasteiger partial charge on any atom is 0.343 e. The van der Waals surface area contributed by atoms with Gasteiger partial charge in [0.05, 0.1) is 16.8 Å². The van der Waals surface area contributed by atoms with E-state index in [0.717, 1.165) is 10.9 Å². The van der Waals surface area contributed by atoms with Gasteiger partial charge in [-0.1, -0.05) is 12.6 Å². The minimum atomic E-state index is -0.391. The van der Waals surface area contributed by atoms with Crippen LogP contribution in [0.15, 0.2) is 48.9 Å². The van der Waals surface area contributed by atoms with E-state index < -0.39 is 5.97 Å². The number of hydrogen-bond acceptors (Lipinski definition) is 3. The second kappa shape index (κ2) is 4.14. The van der Waals surface area contributed by atoms with Crippen LogP contribution in [-0.4, -0.2) is 11.0 Å². The van der Waals surface area contributed by atoms with Crippen molar-refractivity contribution >= 4 is 16.9 Å². The molecule has 0 bridgehead atoms. The lowest BCUT2D eigenvalue weighted by Gasteiger charge is -2.03. The third-order valence-corrected chi connectivity index (χ3v) is 2.11.